The maximum Gasteiger partial charge on any atom is 0.339 e. The quantitative estimate of drug-likeness (QED) is 0.813. The van der Waals surface area contributed by atoms with Gasteiger partial charge in [-0.25, -0.2) is 18.2 Å². The van der Waals surface area contributed by atoms with Crippen LogP contribution >= 0.6 is 0 Å². The average molecular weight is 339 g/mol. The van der Waals surface area contributed by atoms with Crippen molar-refractivity contribution in [3.8, 4) is 0 Å². The summed E-state index contributed by atoms with van der Waals surface area (Å²) in [5.41, 5.74) is 2.11. The Morgan fingerprint density at radius 1 is 1.13 bits per heavy atom. The van der Waals surface area contributed by atoms with Crippen LogP contribution in [0.4, 0.5) is 4.79 Å². The number of carbonyl (C=O) groups excluding carboxylic acids is 2. The van der Waals surface area contributed by atoms with Crippen LogP contribution in [0.15, 0.2) is 17.0 Å². The molecule has 2 N–H and O–H groups in total. The summed E-state index contributed by atoms with van der Waals surface area (Å²) < 4.78 is 25.2. The van der Waals surface area contributed by atoms with E-state index in [0.717, 1.165) is 10.6 Å². The van der Waals surface area contributed by atoms with E-state index >= 15 is 0 Å². The Balaban J connectivity index is 2.41. The van der Waals surface area contributed by atoms with Gasteiger partial charge < -0.3 is 0 Å². The highest BCUT2D eigenvalue weighted by Crippen LogP contribution is 2.29. The Kier molecular flexibility index (Phi) is 4.25. The molecule has 0 saturated carbocycles. The number of hydrogen-bond donors (Lipinski definition) is 2. The zero-order valence-corrected chi connectivity index (χ0v) is 14.7. The minimum absolute atomic E-state index is 0.105. The number of amides is 3. The molecule has 0 unspecified atom stereocenters. The summed E-state index contributed by atoms with van der Waals surface area (Å²) in [4.78, 5) is 25.0. The Labute approximate surface area is 136 Å². The highest BCUT2D eigenvalue weighted by atomic mass is 32.2. The summed E-state index contributed by atoms with van der Waals surface area (Å²) in [5.74, 6) is -0.547. The molecule has 0 spiro atoms. The van der Waals surface area contributed by atoms with Crippen molar-refractivity contribution in [3.05, 3.63) is 28.8 Å². The van der Waals surface area contributed by atoms with Crippen LogP contribution in [0.2, 0.25) is 0 Å². The third-order valence-electron chi connectivity index (χ3n) is 3.62. The summed E-state index contributed by atoms with van der Waals surface area (Å²) in [6.07, 6.45) is 0. The second-order valence-corrected chi connectivity index (χ2v) is 8.32. The van der Waals surface area contributed by atoms with E-state index in [1.165, 1.54) is 0 Å². The molecule has 0 aliphatic carbocycles. The molecule has 1 saturated heterocycles. The molecule has 1 aliphatic heterocycles. The molecule has 2 rings (SSSR count). The van der Waals surface area contributed by atoms with Crippen molar-refractivity contribution in [1.82, 2.24) is 15.2 Å². The fourth-order valence-corrected chi connectivity index (χ4v) is 4.01. The molecule has 1 aliphatic rings. The number of sulfonamides is 1. The van der Waals surface area contributed by atoms with Gasteiger partial charge in [-0.1, -0.05) is 32.9 Å². The molecule has 0 bridgehead atoms. The predicted octanol–water partition coefficient (Wildman–Crippen LogP) is 1.35. The lowest BCUT2D eigenvalue weighted by molar-refractivity contribution is -0.118. The van der Waals surface area contributed by atoms with E-state index in [0.29, 0.717) is 11.1 Å². The molecule has 0 atom stereocenters. The van der Waals surface area contributed by atoms with Gasteiger partial charge >= 0.3 is 6.03 Å². The van der Waals surface area contributed by atoms with Crippen molar-refractivity contribution in [1.29, 1.82) is 0 Å². The number of imide groups is 1. The first kappa shape index (κ1) is 17.4. The molecule has 126 valence electrons. The molecule has 7 nitrogen and oxygen atoms in total. The first-order valence-electron chi connectivity index (χ1n) is 7.17. The first-order valence-corrected chi connectivity index (χ1v) is 8.65. The van der Waals surface area contributed by atoms with Crippen LogP contribution in [0.25, 0.3) is 0 Å². The van der Waals surface area contributed by atoms with Gasteiger partial charge in [0, 0.05) is 0 Å². The largest absolute Gasteiger partial charge is 0.339 e. The number of nitrogens with zero attached hydrogens (tertiary/aromatic N) is 1. The minimum Gasteiger partial charge on any atom is -0.275 e. The molecule has 8 heteroatoms. The van der Waals surface area contributed by atoms with Crippen molar-refractivity contribution in [2.45, 2.75) is 44.9 Å². The fourth-order valence-electron chi connectivity index (χ4n) is 2.51. The number of rotatable bonds is 3. The van der Waals surface area contributed by atoms with Gasteiger partial charge in [0.1, 0.15) is 6.54 Å². The van der Waals surface area contributed by atoms with Gasteiger partial charge in [-0.2, -0.15) is 0 Å². The lowest BCUT2D eigenvalue weighted by Gasteiger charge is -2.23. The Bertz CT molecular complexity index is 755. The number of benzene rings is 1. The number of aryl methyl sites for hydroxylation is 2. The van der Waals surface area contributed by atoms with E-state index in [2.05, 4.69) is 4.83 Å². The maximum absolute atomic E-state index is 12.6. The van der Waals surface area contributed by atoms with E-state index in [4.69, 9.17) is 0 Å². The van der Waals surface area contributed by atoms with E-state index < -0.39 is 22.0 Å². The monoisotopic (exact) mass is 339 g/mol. The molecule has 23 heavy (non-hydrogen) atoms. The van der Waals surface area contributed by atoms with Crippen molar-refractivity contribution in [2.24, 2.45) is 0 Å². The number of urea groups is 1. The normalized spacial score (nSPS) is 16.0. The number of hydrogen-bond acceptors (Lipinski definition) is 4. The maximum atomic E-state index is 12.6. The smallest absolute Gasteiger partial charge is 0.275 e. The van der Waals surface area contributed by atoms with Crippen molar-refractivity contribution < 1.29 is 18.0 Å². The van der Waals surface area contributed by atoms with Crippen LogP contribution in [0.5, 0.6) is 0 Å². The average Bonchev–Trinajstić information content (AvgIpc) is 2.64. The van der Waals surface area contributed by atoms with Crippen LogP contribution in [0, 0.1) is 13.8 Å². The van der Waals surface area contributed by atoms with Crippen LogP contribution in [-0.2, 0) is 20.2 Å². The third kappa shape index (κ3) is 3.53. The molecule has 3 amide bonds. The van der Waals surface area contributed by atoms with Crippen molar-refractivity contribution in [2.75, 3.05) is 6.54 Å². The SMILES string of the molecule is Cc1cc(C(C)(C)C)cc(C)c1S(=O)(=O)NN1CC(=O)NC1=O. The Hall–Kier alpha value is -1.93. The topological polar surface area (TPSA) is 95.6 Å². The lowest BCUT2D eigenvalue weighted by atomic mass is 9.85. The lowest BCUT2D eigenvalue weighted by Crippen LogP contribution is -2.44. The number of nitrogens with one attached hydrogen (secondary N) is 2. The summed E-state index contributed by atoms with van der Waals surface area (Å²) in [5, 5.41) is 2.78. The molecular weight excluding hydrogens is 318 g/mol. The minimum atomic E-state index is -3.96. The fraction of sp³-hybridized carbons (Fsp3) is 0.467. The molecule has 1 aromatic carbocycles. The van der Waals surface area contributed by atoms with Gasteiger partial charge in [0.25, 0.3) is 10.0 Å². The third-order valence-corrected chi connectivity index (χ3v) is 5.26. The molecule has 0 aromatic heterocycles. The second kappa shape index (κ2) is 5.61. The standard InChI is InChI=1S/C15H21N3O4S/c1-9-6-11(15(3,4)5)7-10(2)13(9)23(21,22)17-18-8-12(19)16-14(18)20/h6-7,17H,8H2,1-5H3,(H,16,19,20). The molecule has 1 fully saturated rings. The van der Waals surface area contributed by atoms with Crippen LogP contribution in [-0.4, -0.2) is 31.9 Å². The Morgan fingerprint density at radius 3 is 2.04 bits per heavy atom. The highest BCUT2D eigenvalue weighted by Gasteiger charge is 2.32. The van der Waals surface area contributed by atoms with Crippen LogP contribution in [0.1, 0.15) is 37.5 Å². The number of hydrazine groups is 1. The van der Waals surface area contributed by atoms with Crippen molar-refractivity contribution >= 4 is 22.0 Å². The number of carbonyl (C=O) groups is 2. The zero-order valence-electron chi connectivity index (χ0n) is 13.9. The van der Waals surface area contributed by atoms with Gasteiger partial charge in [0.15, 0.2) is 0 Å². The summed E-state index contributed by atoms with van der Waals surface area (Å²) in [7, 11) is -3.96. The summed E-state index contributed by atoms with van der Waals surface area (Å²) in [6.45, 7) is 9.24. The van der Waals surface area contributed by atoms with E-state index in [9.17, 15) is 18.0 Å². The van der Waals surface area contributed by atoms with Gasteiger partial charge in [-0.05, 0) is 36.0 Å². The van der Waals surface area contributed by atoms with E-state index in [-0.39, 0.29) is 16.9 Å². The molecule has 0 radical (unpaired) electrons. The first-order chi connectivity index (χ1) is 10.4. The van der Waals surface area contributed by atoms with Crippen molar-refractivity contribution in [3.63, 3.8) is 0 Å². The summed E-state index contributed by atoms with van der Waals surface area (Å²) >= 11 is 0. The van der Waals surface area contributed by atoms with Gasteiger partial charge in [-0.3, -0.25) is 10.1 Å². The van der Waals surface area contributed by atoms with Crippen LogP contribution in [0.3, 0.4) is 0 Å². The van der Waals surface area contributed by atoms with Gasteiger partial charge in [-0.15, -0.1) is 4.83 Å². The second-order valence-electron chi connectivity index (χ2n) is 6.72. The molecule has 1 heterocycles. The predicted molar refractivity (Wildman–Crippen MR) is 85.2 cm³/mol. The molecular formula is C15H21N3O4S. The van der Waals surface area contributed by atoms with Gasteiger partial charge in [0.2, 0.25) is 5.91 Å². The Morgan fingerprint density at radius 2 is 1.65 bits per heavy atom. The van der Waals surface area contributed by atoms with Crippen LogP contribution < -0.4 is 10.1 Å². The van der Waals surface area contributed by atoms with E-state index in [1.807, 2.05) is 38.2 Å². The van der Waals surface area contributed by atoms with E-state index in [1.54, 1.807) is 13.8 Å². The zero-order chi connectivity index (χ0) is 17.6. The highest BCUT2D eigenvalue weighted by molar-refractivity contribution is 7.89. The molecule has 1 aromatic rings. The summed E-state index contributed by atoms with van der Waals surface area (Å²) in [6, 6.07) is 2.88. The van der Waals surface area contributed by atoms with Gasteiger partial charge in [0.05, 0.1) is 4.90 Å².